The van der Waals surface area contributed by atoms with Gasteiger partial charge in [0, 0.05) is 47.3 Å². The summed E-state index contributed by atoms with van der Waals surface area (Å²) in [5.74, 6) is 1.13. The van der Waals surface area contributed by atoms with Crippen LogP contribution in [-0.4, -0.2) is 51.2 Å². The maximum atomic E-state index is 13.0. The Morgan fingerprint density at radius 2 is 1.90 bits per heavy atom. The molecule has 9 nitrogen and oxygen atoms in total. The van der Waals surface area contributed by atoms with E-state index in [1.54, 1.807) is 30.1 Å². The highest BCUT2D eigenvalue weighted by Crippen LogP contribution is 2.39. The summed E-state index contributed by atoms with van der Waals surface area (Å²) in [5, 5.41) is 8.92. The molecule has 9 heteroatoms. The van der Waals surface area contributed by atoms with E-state index < -0.39 is 0 Å². The standard InChI is InChI=1S/C31H34N6O3/c1-18-5-4-6-23(15-18)34-30(38)21-11-12-25(26(16-21)40-3)37-28-24(13-14-33-29(28)32)27(35-37)22-8-7-19(2)36(17-22)31(39)20-9-10-20/h4-6,11-16,19-20,22H,7-10,17H2,1-3H3,(H2,32,33)(H,34,38)/t19-,22+/m0/s1. The van der Waals surface area contributed by atoms with Crippen LogP contribution in [0.5, 0.6) is 5.75 Å². The molecular weight excluding hydrogens is 504 g/mol. The van der Waals surface area contributed by atoms with E-state index in [-0.39, 0.29) is 29.7 Å². The summed E-state index contributed by atoms with van der Waals surface area (Å²) in [6, 6.07) is 15.1. The van der Waals surface area contributed by atoms with Crippen LogP contribution in [0.4, 0.5) is 11.5 Å². The fourth-order valence-corrected chi connectivity index (χ4v) is 5.71. The number of aromatic nitrogens is 3. The molecule has 0 radical (unpaired) electrons. The number of anilines is 2. The molecule has 2 fully saturated rings. The number of nitrogens with two attached hydrogens (primary N) is 1. The Morgan fingerprint density at radius 1 is 1.07 bits per heavy atom. The third-order valence-corrected chi connectivity index (χ3v) is 8.07. The van der Waals surface area contributed by atoms with E-state index in [1.807, 2.05) is 48.2 Å². The number of rotatable bonds is 6. The lowest BCUT2D eigenvalue weighted by Crippen LogP contribution is -2.45. The van der Waals surface area contributed by atoms with Gasteiger partial charge < -0.3 is 20.7 Å². The number of aryl methyl sites for hydroxylation is 1. The van der Waals surface area contributed by atoms with Gasteiger partial charge in [-0.25, -0.2) is 9.67 Å². The smallest absolute Gasteiger partial charge is 0.255 e. The number of carbonyl (C=O) groups excluding carboxylic acids is 2. The number of benzene rings is 2. The largest absolute Gasteiger partial charge is 0.494 e. The number of hydrogen-bond acceptors (Lipinski definition) is 6. The van der Waals surface area contributed by atoms with Gasteiger partial charge in [-0.2, -0.15) is 5.10 Å². The molecule has 2 aromatic carbocycles. The summed E-state index contributed by atoms with van der Waals surface area (Å²) >= 11 is 0. The van der Waals surface area contributed by atoms with Gasteiger partial charge in [0.1, 0.15) is 22.8 Å². The predicted molar refractivity (Wildman–Crippen MR) is 155 cm³/mol. The van der Waals surface area contributed by atoms with Crippen molar-refractivity contribution in [3.8, 4) is 11.4 Å². The zero-order valence-corrected chi connectivity index (χ0v) is 23.1. The minimum absolute atomic E-state index is 0.0785. The number of methoxy groups -OCH3 is 1. The normalized spacial score (nSPS) is 19.0. The molecule has 1 aliphatic heterocycles. The summed E-state index contributed by atoms with van der Waals surface area (Å²) in [7, 11) is 1.57. The van der Waals surface area contributed by atoms with Crippen LogP contribution < -0.4 is 15.8 Å². The van der Waals surface area contributed by atoms with Crippen LogP contribution in [0, 0.1) is 12.8 Å². The van der Waals surface area contributed by atoms with Crippen LogP contribution in [0.15, 0.2) is 54.7 Å². The van der Waals surface area contributed by atoms with Gasteiger partial charge in [0.2, 0.25) is 5.91 Å². The number of pyridine rings is 1. The lowest BCUT2D eigenvalue weighted by atomic mass is 9.89. The van der Waals surface area contributed by atoms with Gasteiger partial charge in [-0.3, -0.25) is 9.59 Å². The van der Waals surface area contributed by atoms with Gasteiger partial charge >= 0.3 is 0 Å². The molecule has 1 saturated carbocycles. The summed E-state index contributed by atoms with van der Waals surface area (Å²) < 4.78 is 7.51. The molecule has 0 unspecified atom stereocenters. The van der Waals surface area contributed by atoms with Crippen molar-refractivity contribution in [3.05, 3.63) is 71.5 Å². The first-order valence-corrected chi connectivity index (χ1v) is 13.8. The lowest BCUT2D eigenvalue weighted by Gasteiger charge is -2.37. The van der Waals surface area contributed by atoms with E-state index in [4.69, 9.17) is 15.6 Å². The number of nitrogens with one attached hydrogen (secondary N) is 1. The molecule has 1 saturated heterocycles. The van der Waals surface area contributed by atoms with Crippen molar-refractivity contribution < 1.29 is 14.3 Å². The summed E-state index contributed by atoms with van der Waals surface area (Å²) in [4.78, 5) is 32.4. The fourth-order valence-electron chi connectivity index (χ4n) is 5.71. The van der Waals surface area contributed by atoms with Gasteiger partial charge in [-0.1, -0.05) is 12.1 Å². The maximum Gasteiger partial charge on any atom is 0.255 e. The average Bonchev–Trinajstić information content (AvgIpc) is 3.73. The molecule has 0 bridgehead atoms. The lowest BCUT2D eigenvalue weighted by molar-refractivity contribution is -0.136. The number of amides is 2. The van der Waals surface area contributed by atoms with Crippen LogP contribution in [0.25, 0.3) is 16.6 Å². The van der Waals surface area contributed by atoms with Gasteiger partial charge in [-0.15, -0.1) is 0 Å². The van der Waals surface area contributed by atoms with Crippen molar-refractivity contribution in [2.45, 2.75) is 51.5 Å². The summed E-state index contributed by atoms with van der Waals surface area (Å²) in [5.41, 5.74) is 10.9. The molecule has 2 aromatic heterocycles. The van der Waals surface area contributed by atoms with Gasteiger partial charge in [0.05, 0.1) is 12.8 Å². The summed E-state index contributed by atoms with van der Waals surface area (Å²) in [6.07, 6.45) is 5.53. The highest BCUT2D eigenvalue weighted by Gasteiger charge is 2.39. The first kappa shape index (κ1) is 25.9. The molecule has 3 N–H and O–H groups in total. The first-order chi connectivity index (χ1) is 19.3. The van der Waals surface area contributed by atoms with Crippen LogP contribution in [0.3, 0.4) is 0 Å². The van der Waals surface area contributed by atoms with Crippen molar-refractivity contribution in [2.75, 3.05) is 24.7 Å². The molecule has 2 amide bonds. The van der Waals surface area contributed by atoms with E-state index in [9.17, 15) is 9.59 Å². The second-order valence-corrected chi connectivity index (χ2v) is 11.0. The highest BCUT2D eigenvalue weighted by atomic mass is 16.5. The second kappa shape index (κ2) is 10.3. The van der Waals surface area contributed by atoms with Crippen LogP contribution in [0.1, 0.15) is 60.1 Å². The highest BCUT2D eigenvalue weighted by molar-refractivity contribution is 6.05. The quantitative estimate of drug-likeness (QED) is 0.354. The third-order valence-electron chi connectivity index (χ3n) is 8.07. The van der Waals surface area contributed by atoms with Gasteiger partial charge in [0.15, 0.2) is 0 Å². The van der Waals surface area contributed by atoms with Gasteiger partial charge in [-0.05, 0) is 81.5 Å². The molecular formula is C31H34N6O3. The Hall–Kier alpha value is -4.40. The molecule has 2 aliphatic rings. The minimum Gasteiger partial charge on any atom is -0.494 e. The average molecular weight is 539 g/mol. The molecule has 40 heavy (non-hydrogen) atoms. The Morgan fingerprint density at radius 3 is 2.65 bits per heavy atom. The number of piperidine rings is 1. The van der Waals surface area contributed by atoms with Crippen LogP contribution in [0.2, 0.25) is 0 Å². The Kier molecular flexibility index (Phi) is 6.65. The first-order valence-electron chi connectivity index (χ1n) is 13.8. The number of nitrogen functional groups attached to an aromatic ring is 1. The zero-order chi connectivity index (χ0) is 28.0. The van der Waals surface area contributed by atoms with E-state index in [0.717, 1.165) is 48.0 Å². The van der Waals surface area contributed by atoms with Crippen molar-refractivity contribution in [3.63, 3.8) is 0 Å². The van der Waals surface area contributed by atoms with Crippen LogP contribution in [-0.2, 0) is 4.79 Å². The van der Waals surface area contributed by atoms with E-state index in [1.165, 1.54) is 0 Å². The molecule has 6 rings (SSSR count). The number of ether oxygens (including phenoxy) is 1. The second-order valence-electron chi connectivity index (χ2n) is 11.0. The Labute approximate surface area is 233 Å². The summed E-state index contributed by atoms with van der Waals surface area (Å²) in [6.45, 7) is 4.75. The van der Waals surface area contributed by atoms with Crippen LogP contribution >= 0.6 is 0 Å². The van der Waals surface area contributed by atoms with Crippen molar-refractivity contribution in [1.82, 2.24) is 19.7 Å². The Balaban J connectivity index is 1.36. The topological polar surface area (TPSA) is 115 Å². The Bertz CT molecular complexity index is 1610. The maximum absolute atomic E-state index is 13.0. The number of nitrogens with zero attached hydrogens (tertiary/aromatic N) is 4. The van der Waals surface area contributed by atoms with Gasteiger partial charge in [0.25, 0.3) is 5.91 Å². The van der Waals surface area contributed by atoms with Crippen molar-refractivity contribution >= 4 is 34.2 Å². The minimum atomic E-state index is -0.237. The predicted octanol–water partition coefficient (Wildman–Crippen LogP) is 5.08. The molecule has 206 valence electrons. The third kappa shape index (κ3) is 4.76. The van der Waals surface area contributed by atoms with E-state index in [0.29, 0.717) is 34.9 Å². The zero-order valence-electron chi connectivity index (χ0n) is 23.1. The monoisotopic (exact) mass is 538 g/mol. The SMILES string of the molecule is COc1cc(C(=O)Nc2cccc(C)c2)ccc1-n1nc([C@@H]2CC[C@H](C)N(C(=O)C3CC3)C2)c2ccnc(N)c21. The fraction of sp³-hybridized carbons (Fsp3) is 0.355. The number of carbonyl (C=O) groups is 2. The number of hydrogen-bond donors (Lipinski definition) is 2. The molecule has 2 atom stereocenters. The van der Waals surface area contributed by atoms with Crippen molar-refractivity contribution in [2.24, 2.45) is 5.92 Å². The molecule has 0 spiro atoms. The number of likely N-dealkylation sites (tertiary alicyclic amines) is 1. The molecule has 4 aromatic rings. The van der Waals surface area contributed by atoms with Crippen molar-refractivity contribution in [1.29, 1.82) is 0 Å². The molecule has 1 aliphatic carbocycles. The van der Waals surface area contributed by atoms with E-state index in [2.05, 4.69) is 17.2 Å². The van der Waals surface area contributed by atoms with E-state index >= 15 is 0 Å². The molecule has 3 heterocycles. The number of fused-ring (bicyclic) bond motifs is 1.